The fourth-order valence-corrected chi connectivity index (χ4v) is 0.946. The van der Waals surface area contributed by atoms with Crippen LogP contribution in [0.1, 0.15) is 11.1 Å². The van der Waals surface area contributed by atoms with E-state index in [0.717, 1.165) is 11.1 Å². The van der Waals surface area contributed by atoms with Gasteiger partial charge in [0.25, 0.3) is 0 Å². The Bertz CT molecular complexity index is 411. The van der Waals surface area contributed by atoms with E-state index < -0.39 is 0 Å². The Balaban J connectivity index is 2.24. The van der Waals surface area contributed by atoms with Crippen molar-refractivity contribution in [2.45, 2.75) is 0 Å². The molecule has 3 nitrogen and oxygen atoms in total. The van der Waals surface area contributed by atoms with Crippen molar-refractivity contribution < 1.29 is 0 Å². The molecular weight excluding hydrogens is 174 g/mol. The fourth-order valence-electron chi connectivity index (χ4n) is 0.946. The minimum Gasteiger partial charge on any atom is -0.263 e. The van der Waals surface area contributed by atoms with Crippen molar-refractivity contribution in [1.82, 2.24) is 15.2 Å². The molecule has 2 heterocycles. The highest BCUT2D eigenvalue weighted by atomic mass is 15.1. The SMILES string of the molecule is C(#Cc1ccnnc1)c1cccnc1. The number of hydrogen-bond donors (Lipinski definition) is 0. The first kappa shape index (κ1) is 8.39. The van der Waals surface area contributed by atoms with E-state index in [4.69, 9.17) is 0 Å². The predicted octanol–water partition coefficient (Wildman–Crippen LogP) is 1.27. The molecule has 14 heavy (non-hydrogen) atoms. The summed E-state index contributed by atoms with van der Waals surface area (Å²) < 4.78 is 0. The van der Waals surface area contributed by atoms with Gasteiger partial charge in [0.15, 0.2) is 0 Å². The second kappa shape index (κ2) is 4.15. The Morgan fingerprint density at radius 1 is 0.857 bits per heavy atom. The van der Waals surface area contributed by atoms with Crippen LogP contribution in [-0.4, -0.2) is 15.2 Å². The molecule has 0 aliphatic heterocycles. The van der Waals surface area contributed by atoms with Crippen molar-refractivity contribution in [3.8, 4) is 11.8 Å². The van der Waals surface area contributed by atoms with E-state index in [1.807, 2.05) is 18.2 Å². The molecule has 0 amide bonds. The zero-order valence-corrected chi connectivity index (χ0v) is 7.38. The van der Waals surface area contributed by atoms with Gasteiger partial charge in [-0.05, 0) is 18.2 Å². The highest BCUT2D eigenvalue weighted by molar-refractivity contribution is 5.39. The van der Waals surface area contributed by atoms with Crippen LogP contribution in [0.3, 0.4) is 0 Å². The molecule has 0 saturated heterocycles. The van der Waals surface area contributed by atoms with E-state index in [1.54, 1.807) is 24.8 Å². The van der Waals surface area contributed by atoms with Crippen molar-refractivity contribution >= 4 is 0 Å². The molecule has 2 aromatic heterocycles. The van der Waals surface area contributed by atoms with Gasteiger partial charge in [0.2, 0.25) is 0 Å². The van der Waals surface area contributed by atoms with Crippen molar-refractivity contribution in [2.75, 3.05) is 0 Å². The Hall–Kier alpha value is -2.21. The third-order valence-corrected chi connectivity index (χ3v) is 1.60. The second-order valence-corrected chi connectivity index (χ2v) is 2.62. The normalized spacial score (nSPS) is 8.86. The van der Waals surface area contributed by atoms with E-state index in [2.05, 4.69) is 27.0 Å². The highest BCUT2D eigenvalue weighted by Crippen LogP contribution is 1.94. The minimum absolute atomic E-state index is 0.851. The topological polar surface area (TPSA) is 38.7 Å². The van der Waals surface area contributed by atoms with Crippen LogP contribution in [0, 0.1) is 11.8 Å². The number of aromatic nitrogens is 3. The average Bonchev–Trinajstić information content (AvgIpc) is 2.29. The molecule has 3 heteroatoms. The highest BCUT2D eigenvalue weighted by Gasteiger charge is 1.85. The Kier molecular flexibility index (Phi) is 2.49. The first-order valence-electron chi connectivity index (χ1n) is 4.14. The Morgan fingerprint density at radius 3 is 2.36 bits per heavy atom. The number of rotatable bonds is 0. The van der Waals surface area contributed by atoms with E-state index in [-0.39, 0.29) is 0 Å². The van der Waals surface area contributed by atoms with Gasteiger partial charge in [-0.1, -0.05) is 11.8 Å². The summed E-state index contributed by atoms with van der Waals surface area (Å²) in [6.45, 7) is 0. The summed E-state index contributed by atoms with van der Waals surface area (Å²) >= 11 is 0. The van der Waals surface area contributed by atoms with E-state index in [1.165, 1.54) is 0 Å². The molecule has 0 spiro atoms. The first-order valence-corrected chi connectivity index (χ1v) is 4.14. The molecular formula is C11H7N3. The lowest BCUT2D eigenvalue weighted by Crippen LogP contribution is -1.81. The molecule has 0 fully saturated rings. The summed E-state index contributed by atoms with van der Waals surface area (Å²) in [6.07, 6.45) is 6.69. The lowest BCUT2D eigenvalue weighted by atomic mass is 10.2. The van der Waals surface area contributed by atoms with Gasteiger partial charge in [-0.2, -0.15) is 10.2 Å². The molecule has 0 radical (unpaired) electrons. The largest absolute Gasteiger partial charge is 0.263 e. The van der Waals surface area contributed by atoms with Gasteiger partial charge in [0, 0.05) is 23.5 Å². The standard InChI is InChI=1S/C11H7N3/c1-2-10(8-12-6-1)3-4-11-5-7-13-14-9-11/h1-2,5-9H. The van der Waals surface area contributed by atoms with Crippen molar-refractivity contribution in [1.29, 1.82) is 0 Å². The maximum Gasteiger partial charge on any atom is 0.0652 e. The molecule has 0 aliphatic rings. The van der Waals surface area contributed by atoms with Gasteiger partial charge >= 0.3 is 0 Å². The Labute approximate surface area is 81.8 Å². The lowest BCUT2D eigenvalue weighted by molar-refractivity contribution is 1.03. The number of pyridine rings is 1. The molecule has 2 aromatic rings. The van der Waals surface area contributed by atoms with Crippen molar-refractivity contribution in [3.05, 3.63) is 54.1 Å². The van der Waals surface area contributed by atoms with Gasteiger partial charge in [0.05, 0.1) is 12.4 Å². The molecule has 0 unspecified atom stereocenters. The summed E-state index contributed by atoms with van der Waals surface area (Å²) in [6, 6.07) is 5.58. The zero-order valence-electron chi connectivity index (χ0n) is 7.38. The van der Waals surface area contributed by atoms with Gasteiger partial charge < -0.3 is 0 Å². The molecule has 0 aromatic carbocycles. The molecule has 66 valence electrons. The van der Waals surface area contributed by atoms with Gasteiger partial charge in [-0.3, -0.25) is 4.98 Å². The van der Waals surface area contributed by atoms with Crippen LogP contribution in [0.4, 0.5) is 0 Å². The molecule has 0 saturated carbocycles. The number of nitrogens with zero attached hydrogens (tertiary/aromatic N) is 3. The average molecular weight is 181 g/mol. The maximum absolute atomic E-state index is 3.97. The van der Waals surface area contributed by atoms with Crippen LogP contribution in [0.5, 0.6) is 0 Å². The van der Waals surface area contributed by atoms with Crippen LogP contribution >= 0.6 is 0 Å². The van der Waals surface area contributed by atoms with Crippen LogP contribution < -0.4 is 0 Å². The van der Waals surface area contributed by atoms with Gasteiger partial charge in [-0.15, -0.1) is 0 Å². The van der Waals surface area contributed by atoms with Crippen LogP contribution in [0.15, 0.2) is 43.0 Å². The summed E-state index contributed by atoms with van der Waals surface area (Å²) in [4.78, 5) is 3.97. The molecule has 0 aliphatic carbocycles. The van der Waals surface area contributed by atoms with Crippen molar-refractivity contribution in [2.24, 2.45) is 0 Å². The first-order chi connectivity index (χ1) is 6.95. The van der Waals surface area contributed by atoms with E-state index >= 15 is 0 Å². The third kappa shape index (κ3) is 2.14. The molecule has 0 N–H and O–H groups in total. The monoisotopic (exact) mass is 181 g/mol. The second-order valence-electron chi connectivity index (χ2n) is 2.62. The molecule has 2 rings (SSSR count). The minimum atomic E-state index is 0.851. The van der Waals surface area contributed by atoms with Gasteiger partial charge in [-0.25, -0.2) is 0 Å². The Morgan fingerprint density at radius 2 is 1.71 bits per heavy atom. The van der Waals surface area contributed by atoms with Crippen LogP contribution in [0.25, 0.3) is 0 Å². The van der Waals surface area contributed by atoms with Crippen LogP contribution in [0.2, 0.25) is 0 Å². The molecule has 0 atom stereocenters. The molecule has 0 bridgehead atoms. The zero-order chi connectivity index (χ0) is 9.64. The smallest absolute Gasteiger partial charge is 0.0652 e. The summed E-state index contributed by atoms with van der Waals surface area (Å²) in [5, 5.41) is 7.40. The van der Waals surface area contributed by atoms with Crippen molar-refractivity contribution in [3.63, 3.8) is 0 Å². The summed E-state index contributed by atoms with van der Waals surface area (Å²) in [5.74, 6) is 5.95. The maximum atomic E-state index is 3.97. The fraction of sp³-hybridized carbons (Fsp3) is 0. The predicted molar refractivity (Wildman–Crippen MR) is 52.2 cm³/mol. The summed E-state index contributed by atoms with van der Waals surface area (Å²) in [7, 11) is 0. The van der Waals surface area contributed by atoms with E-state index in [9.17, 15) is 0 Å². The van der Waals surface area contributed by atoms with Gasteiger partial charge in [0.1, 0.15) is 0 Å². The van der Waals surface area contributed by atoms with Crippen LogP contribution in [-0.2, 0) is 0 Å². The van der Waals surface area contributed by atoms with E-state index in [0.29, 0.717) is 0 Å². The quantitative estimate of drug-likeness (QED) is 0.574. The summed E-state index contributed by atoms with van der Waals surface area (Å²) in [5.41, 5.74) is 1.74. The number of hydrogen-bond acceptors (Lipinski definition) is 3. The third-order valence-electron chi connectivity index (χ3n) is 1.60. The lowest BCUT2D eigenvalue weighted by Gasteiger charge is -1.86.